The number of carbonyl (C=O) groups is 1. The maximum atomic E-state index is 11.9. The van der Waals surface area contributed by atoms with Crippen molar-refractivity contribution in [3.05, 3.63) is 71.8 Å². The summed E-state index contributed by atoms with van der Waals surface area (Å²) in [5.74, 6) is -0.846. The minimum atomic E-state index is -0.753. The summed E-state index contributed by atoms with van der Waals surface area (Å²) in [5, 5.41) is 3.06. The monoisotopic (exact) mass is 382 g/mol. The van der Waals surface area contributed by atoms with Crippen LogP contribution in [0, 0.1) is 0 Å². The number of hydrogen-bond donors (Lipinski definition) is 2. The first kappa shape index (κ1) is 20.5. The van der Waals surface area contributed by atoms with Gasteiger partial charge in [0.15, 0.2) is 5.79 Å². The molecule has 2 aromatic rings. The highest BCUT2D eigenvalue weighted by Crippen LogP contribution is 2.33. The molecule has 3 N–H and O–H groups in total. The molecule has 0 radical (unpaired) electrons. The SMILES string of the molecule is CC(=O)NC(Cc1ccccc1)C1OC(C)(C)OC1C(N)Cc1ccccc1. The standard InChI is InChI=1S/C23H30N2O3/c1-16(26)25-20(15-18-12-8-5-9-13-18)22-21(27-23(2,3)28-22)19(24)14-17-10-6-4-7-11-17/h4-13,19-22H,14-15,24H2,1-3H3,(H,25,26). The second-order valence-corrected chi connectivity index (χ2v) is 7.92. The van der Waals surface area contributed by atoms with Crippen molar-refractivity contribution in [2.75, 3.05) is 0 Å². The highest BCUT2D eigenvalue weighted by molar-refractivity contribution is 5.73. The van der Waals surface area contributed by atoms with E-state index in [0.29, 0.717) is 12.8 Å². The summed E-state index contributed by atoms with van der Waals surface area (Å²) in [4.78, 5) is 11.9. The van der Waals surface area contributed by atoms with Crippen molar-refractivity contribution in [1.82, 2.24) is 5.32 Å². The van der Waals surface area contributed by atoms with E-state index in [0.717, 1.165) is 11.1 Å². The van der Waals surface area contributed by atoms with Crippen molar-refractivity contribution in [3.63, 3.8) is 0 Å². The summed E-state index contributed by atoms with van der Waals surface area (Å²) in [6, 6.07) is 19.7. The van der Waals surface area contributed by atoms with Crippen LogP contribution >= 0.6 is 0 Å². The smallest absolute Gasteiger partial charge is 0.217 e. The van der Waals surface area contributed by atoms with E-state index in [1.54, 1.807) is 0 Å². The van der Waals surface area contributed by atoms with Crippen LogP contribution < -0.4 is 11.1 Å². The molecule has 28 heavy (non-hydrogen) atoms. The van der Waals surface area contributed by atoms with E-state index in [9.17, 15) is 4.79 Å². The average Bonchev–Trinajstić information content (AvgIpc) is 2.98. The lowest BCUT2D eigenvalue weighted by atomic mass is 9.91. The van der Waals surface area contributed by atoms with Crippen LogP contribution in [0.2, 0.25) is 0 Å². The summed E-state index contributed by atoms with van der Waals surface area (Å²) < 4.78 is 12.4. The third-order valence-electron chi connectivity index (χ3n) is 4.98. The lowest BCUT2D eigenvalue weighted by molar-refractivity contribution is -0.150. The van der Waals surface area contributed by atoms with Crippen LogP contribution in [0.5, 0.6) is 0 Å². The minimum absolute atomic E-state index is 0.0929. The van der Waals surface area contributed by atoms with Crippen molar-refractivity contribution in [2.45, 2.75) is 63.7 Å². The number of nitrogens with one attached hydrogen (secondary N) is 1. The molecular weight excluding hydrogens is 352 g/mol. The Balaban J connectivity index is 1.81. The van der Waals surface area contributed by atoms with Gasteiger partial charge in [-0.15, -0.1) is 0 Å². The summed E-state index contributed by atoms with van der Waals surface area (Å²) in [7, 11) is 0. The van der Waals surface area contributed by atoms with Gasteiger partial charge in [-0.3, -0.25) is 4.79 Å². The molecule has 150 valence electrons. The second-order valence-electron chi connectivity index (χ2n) is 7.92. The van der Waals surface area contributed by atoms with Crippen molar-refractivity contribution >= 4 is 5.91 Å². The van der Waals surface area contributed by atoms with E-state index in [2.05, 4.69) is 29.6 Å². The van der Waals surface area contributed by atoms with E-state index < -0.39 is 5.79 Å². The van der Waals surface area contributed by atoms with E-state index in [-0.39, 0.29) is 30.2 Å². The predicted molar refractivity (Wildman–Crippen MR) is 110 cm³/mol. The maximum absolute atomic E-state index is 11.9. The van der Waals surface area contributed by atoms with Gasteiger partial charge in [0.2, 0.25) is 5.91 Å². The molecule has 0 aromatic heterocycles. The fourth-order valence-electron chi connectivity index (χ4n) is 3.84. The molecule has 1 aliphatic heterocycles. The topological polar surface area (TPSA) is 73.6 Å². The number of nitrogens with two attached hydrogens (primary N) is 1. The second kappa shape index (κ2) is 8.86. The van der Waals surface area contributed by atoms with E-state index >= 15 is 0 Å². The van der Waals surface area contributed by atoms with Crippen molar-refractivity contribution in [2.24, 2.45) is 5.73 Å². The molecule has 5 nitrogen and oxygen atoms in total. The number of benzene rings is 2. The largest absolute Gasteiger partial charge is 0.351 e. The van der Waals surface area contributed by atoms with Crippen LogP contribution in [0.3, 0.4) is 0 Å². The summed E-state index contributed by atoms with van der Waals surface area (Å²) in [5.41, 5.74) is 8.85. The fourth-order valence-corrected chi connectivity index (χ4v) is 3.84. The molecule has 0 aliphatic carbocycles. The first-order chi connectivity index (χ1) is 13.3. The summed E-state index contributed by atoms with van der Waals surface area (Å²) in [6.45, 7) is 5.31. The van der Waals surface area contributed by atoms with Crippen molar-refractivity contribution < 1.29 is 14.3 Å². The third kappa shape index (κ3) is 5.41. The van der Waals surface area contributed by atoms with Crippen LogP contribution in [-0.2, 0) is 27.1 Å². The molecule has 0 saturated carbocycles. The van der Waals surface area contributed by atoms with E-state index in [1.165, 1.54) is 6.92 Å². The Morgan fingerprint density at radius 1 is 0.964 bits per heavy atom. The quantitative estimate of drug-likeness (QED) is 0.772. The van der Waals surface area contributed by atoms with Crippen LogP contribution in [0.4, 0.5) is 0 Å². The van der Waals surface area contributed by atoms with Gasteiger partial charge in [0.1, 0.15) is 12.2 Å². The zero-order valence-corrected chi connectivity index (χ0v) is 16.8. The molecule has 2 aromatic carbocycles. The third-order valence-corrected chi connectivity index (χ3v) is 4.98. The van der Waals surface area contributed by atoms with Crippen LogP contribution in [0.1, 0.15) is 31.9 Å². The number of amides is 1. The molecule has 1 aliphatic rings. The Morgan fingerprint density at radius 3 is 2.00 bits per heavy atom. The van der Waals surface area contributed by atoms with Gasteiger partial charge >= 0.3 is 0 Å². The van der Waals surface area contributed by atoms with Crippen molar-refractivity contribution in [1.29, 1.82) is 0 Å². The number of carbonyl (C=O) groups excluding carboxylic acids is 1. The maximum Gasteiger partial charge on any atom is 0.217 e. The van der Waals surface area contributed by atoms with Gasteiger partial charge in [0.05, 0.1) is 6.04 Å². The van der Waals surface area contributed by atoms with Gasteiger partial charge in [-0.05, 0) is 37.8 Å². The van der Waals surface area contributed by atoms with E-state index in [1.807, 2.05) is 50.2 Å². The molecule has 1 saturated heterocycles. The summed E-state index contributed by atoms with van der Waals surface area (Å²) >= 11 is 0. The predicted octanol–water partition coefficient (Wildman–Crippen LogP) is 2.82. The highest BCUT2D eigenvalue weighted by atomic mass is 16.8. The first-order valence-corrected chi connectivity index (χ1v) is 9.80. The Kier molecular flexibility index (Phi) is 6.50. The first-order valence-electron chi connectivity index (χ1n) is 9.80. The molecule has 4 atom stereocenters. The van der Waals surface area contributed by atoms with Gasteiger partial charge in [-0.1, -0.05) is 60.7 Å². The zero-order valence-electron chi connectivity index (χ0n) is 16.8. The van der Waals surface area contributed by atoms with Gasteiger partial charge in [-0.2, -0.15) is 0 Å². The van der Waals surface area contributed by atoms with Crippen LogP contribution in [0.25, 0.3) is 0 Å². The normalized spacial score (nSPS) is 23.1. The molecule has 1 heterocycles. The molecule has 3 rings (SSSR count). The lowest BCUT2D eigenvalue weighted by Gasteiger charge is -2.30. The minimum Gasteiger partial charge on any atom is -0.351 e. The lowest BCUT2D eigenvalue weighted by Crippen LogP contribution is -2.53. The molecule has 5 heteroatoms. The molecule has 1 fully saturated rings. The Morgan fingerprint density at radius 2 is 1.46 bits per heavy atom. The molecule has 1 amide bonds. The molecule has 0 bridgehead atoms. The highest BCUT2D eigenvalue weighted by Gasteiger charge is 2.47. The molecule has 4 unspecified atom stereocenters. The van der Waals surface area contributed by atoms with Crippen LogP contribution in [0.15, 0.2) is 60.7 Å². The molecular formula is C23H30N2O3. The zero-order chi connectivity index (χ0) is 20.1. The van der Waals surface area contributed by atoms with Gasteiger partial charge in [-0.25, -0.2) is 0 Å². The van der Waals surface area contributed by atoms with Gasteiger partial charge < -0.3 is 20.5 Å². The van der Waals surface area contributed by atoms with E-state index in [4.69, 9.17) is 15.2 Å². The Labute approximate surface area is 167 Å². The fraction of sp³-hybridized carbons (Fsp3) is 0.435. The van der Waals surface area contributed by atoms with Crippen molar-refractivity contribution in [3.8, 4) is 0 Å². The average molecular weight is 383 g/mol. The van der Waals surface area contributed by atoms with Gasteiger partial charge in [0, 0.05) is 13.0 Å². The Hall–Kier alpha value is -2.21. The summed E-state index contributed by atoms with van der Waals surface area (Å²) in [6.07, 6.45) is 0.673. The van der Waals surface area contributed by atoms with Crippen LogP contribution in [-0.4, -0.2) is 36.0 Å². The molecule has 0 spiro atoms. The number of hydrogen-bond acceptors (Lipinski definition) is 4. The number of ether oxygens (including phenoxy) is 2. The Bertz CT molecular complexity index is 764. The number of rotatable bonds is 7. The van der Waals surface area contributed by atoms with Gasteiger partial charge in [0.25, 0.3) is 0 Å².